The molecule has 0 unspecified atom stereocenters. The molecule has 8 heteroatoms. The number of anilines is 1. The average Bonchev–Trinajstić information content (AvgIpc) is 2.36. The zero-order valence-electron chi connectivity index (χ0n) is 9.92. The summed E-state index contributed by atoms with van der Waals surface area (Å²) in [6.07, 6.45) is 1.30. The average molecular weight is 280 g/mol. The highest BCUT2D eigenvalue weighted by Crippen LogP contribution is 2.12. The summed E-state index contributed by atoms with van der Waals surface area (Å²) in [5.41, 5.74) is 4.71. The van der Waals surface area contributed by atoms with Gasteiger partial charge in [-0.05, 0) is 18.2 Å². The molecule has 0 spiro atoms. The van der Waals surface area contributed by atoms with Gasteiger partial charge in [0.1, 0.15) is 6.33 Å². The molecule has 0 bridgehead atoms. The third-order valence-electron chi connectivity index (χ3n) is 2.14. The van der Waals surface area contributed by atoms with Crippen molar-refractivity contribution in [2.75, 3.05) is 5.43 Å². The number of hydrogen-bond acceptors (Lipinski definition) is 5. The number of carbonyl (C=O) groups is 1. The number of benzene rings is 1. The Morgan fingerprint density at radius 3 is 2.84 bits per heavy atom. The number of hydrazine groups is 1. The van der Waals surface area contributed by atoms with E-state index in [1.807, 2.05) is 0 Å². The number of carbonyl (C=O) groups excluding carboxylic acids is 1. The van der Waals surface area contributed by atoms with Crippen molar-refractivity contribution in [2.45, 2.75) is 6.92 Å². The Balaban J connectivity index is 2.29. The van der Waals surface area contributed by atoms with Crippen LogP contribution in [0.2, 0.25) is 5.02 Å². The zero-order chi connectivity index (χ0) is 13.8. The quantitative estimate of drug-likeness (QED) is 0.809. The van der Waals surface area contributed by atoms with E-state index in [-0.39, 0.29) is 11.9 Å². The van der Waals surface area contributed by atoms with Gasteiger partial charge < -0.3 is 0 Å². The van der Waals surface area contributed by atoms with Gasteiger partial charge in [0.15, 0.2) is 0 Å². The summed E-state index contributed by atoms with van der Waals surface area (Å²) in [6.45, 7) is 1.32. The lowest BCUT2D eigenvalue weighted by molar-refractivity contribution is -0.118. The summed E-state index contributed by atoms with van der Waals surface area (Å²) in [6, 6.07) is 6.74. The molecule has 2 rings (SSSR count). The summed E-state index contributed by atoms with van der Waals surface area (Å²) in [4.78, 5) is 30.1. The van der Waals surface area contributed by atoms with Crippen molar-refractivity contribution >= 4 is 23.5 Å². The Morgan fingerprint density at radius 2 is 2.21 bits per heavy atom. The van der Waals surface area contributed by atoms with E-state index in [1.54, 1.807) is 24.3 Å². The largest absolute Gasteiger partial charge is 0.356 e. The van der Waals surface area contributed by atoms with E-state index in [9.17, 15) is 9.59 Å². The molecule has 2 aromatic rings. The first-order chi connectivity index (χ1) is 9.06. The van der Waals surface area contributed by atoms with Gasteiger partial charge in [0, 0.05) is 11.9 Å². The molecular formula is C11H10ClN5O2. The Labute approximate surface area is 113 Å². The Morgan fingerprint density at radius 1 is 1.42 bits per heavy atom. The number of hydrogen-bond donors (Lipinski definition) is 2. The smallest absolute Gasteiger partial charge is 0.274 e. The molecule has 0 aliphatic heterocycles. The van der Waals surface area contributed by atoms with E-state index in [0.29, 0.717) is 10.7 Å². The number of aromatic nitrogens is 3. The molecule has 19 heavy (non-hydrogen) atoms. The molecule has 0 fully saturated rings. The second-order valence-corrected chi connectivity index (χ2v) is 4.06. The van der Waals surface area contributed by atoms with Crippen LogP contribution < -0.4 is 16.5 Å². The topological polar surface area (TPSA) is 88.9 Å². The van der Waals surface area contributed by atoms with Crippen LogP contribution in [0.5, 0.6) is 0 Å². The van der Waals surface area contributed by atoms with Crippen molar-refractivity contribution in [2.24, 2.45) is 0 Å². The fourth-order valence-electron chi connectivity index (χ4n) is 1.34. The first-order valence-corrected chi connectivity index (χ1v) is 5.68. The van der Waals surface area contributed by atoms with Crippen molar-refractivity contribution in [3.8, 4) is 5.69 Å². The highest BCUT2D eigenvalue weighted by atomic mass is 35.5. The predicted octanol–water partition coefficient (Wildman–Crippen LogP) is 0.744. The molecule has 0 saturated heterocycles. The number of nitrogens with one attached hydrogen (secondary N) is 2. The monoisotopic (exact) mass is 279 g/mol. The van der Waals surface area contributed by atoms with Crippen LogP contribution in [0.25, 0.3) is 5.69 Å². The van der Waals surface area contributed by atoms with Crippen molar-refractivity contribution in [3.05, 3.63) is 46.1 Å². The van der Waals surface area contributed by atoms with Crippen molar-refractivity contribution in [1.29, 1.82) is 0 Å². The van der Waals surface area contributed by atoms with Gasteiger partial charge in [-0.1, -0.05) is 17.7 Å². The Bertz CT molecular complexity index is 670. The summed E-state index contributed by atoms with van der Waals surface area (Å²) in [5.74, 6) is -0.305. The minimum atomic E-state index is -0.537. The maximum atomic E-state index is 11.8. The van der Waals surface area contributed by atoms with Crippen LogP contribution in [0, 0.1) is 0 Å². The first-order valence-electron chi connectivity index (χ1n) is 5.30. The van der Waals surface area contributed by atoms with Gasteiger partial charge in [-0.2, -0.15) is 4.98 Å². The van der Waals surface area contributed by atoms with Gasteiger partial charge >= 0.3 is 5.69 Å². The maximum Gasteiger partial charge on any atom is 0.356 e. The SMILES string of the molecule is CC(=O)NNc1ncn(-c2cccc(Cl)c2)c(=O)n1. The second-order valence-electron chi connectivity index (χ2n) is 3.62. The van der Waals surface area contributed by atoms with E-state index in [2.05, 4.69) is 20.8 Å². The summed E-state index contributed by atoms with van der Waals surface area (Å²) < 4.78 is 1.24. The second kappa shape index (κ2) is 5.49. The zero-order valence-corrected chi connectivity index (χ0v) is 10.7. The van der Waals surface area contributed by atoms with Crippen molar-refractivity contribution in [3.63, 3.8) is 0 Å². The van der Waals surface area contributed by atoms with E-state index in [4.69, 9.17) is 11.6 Å². The molecule has 1 aromatic carbocycles. The fourth-order valence-corrected chi connectivity index (χ4v) is 1.53. The molecule has 1 amide bonds. The molecular weight excluding hydrogens is 270 g/mol. The third-order valence-corrected chi connectivity index (χ3v) is 2.37. The Hall–Kier alpha value is -2.41. The molecule has 0 aliphatic rings. The fraction of sp³-hybridized carbons (Fsp3) is 0.0909. The highest BCUT2D eigenvalue weighted by Gasteiger charge is 2.04. The third kappa shape index (κ3) is 3.29. The Kier molecular flexibility index (Phi) is 3.76. The molecule has 0 atom stereocenters. The van der Waals surface area contributed by atoms with E-state index in [0.717, 1.165) is 0 Å². The molecule has 0 aliphatic carbocycles. The molecule has 98 valence electrons. The minimum Gasteiger partial charge on any atom is -0.274 e. The molecule has 0 saturated carbocycles. The summed E-state index contributed by atoms with van der Waals surface area (Å²) >= 11 is 5.85. The van der Waals surface area contributed by atoms with Gasteiger partial charge in [-0.15, -0.1) is 0 Å². The van der Waals surface area contributed by atoms with E-state index in [1.165, 1.54) is 17.8 Å². The summed E-state index contributed by atoms with van der Waals surface area (Å²) in [5, 5.41) is 0.504. The molecule has 1 aromatic heterocycles. The van der Waals surface area contributed by atoms with Crippen LogP contribution in [0.4, 0.5) is 5.95 Å². The van der Waals surface area contributed by atoms with Crippen molar-refractivity contribution < 1.29 is 4.79 Å². The van der Waals surface area contributed by atoms with Crippen LogP contribution >= 0.6 is 11.6 Å². The summed E-state index contributed by atoms with van der Waals surface area (Å²) in [7, 11) is 0. The van der Waals surface area contributed by atoms with Crippen LogP contribution in [-0.2, 0) is 4.79 Å². The van der Waals surface area contributed by atoms with Crippen LogP contribution in [0.3, 0.4) is 0 Å². The minimum absolute atomic E-state index is 0.0125. The van der Waals surface area contributed by atoms with Gasteiger partial charge in [-0.3, -0.25) is 20.2 Å². The van der Waals surface area contributed by atoms with E-state index < -0.39 is 5.69 Å². The van der Waals surface area contributed by atoms with Gasteiger partial charge in [0.25, 0.3) is 0 Å². The highest BCUT2D eigenvalue weighted by molar-refractivity contribution is 6.30. The van der Waals surface area contributed by atoms with Gasteiger partial charge in [0.05, 0.1) is 5.69 Å². The normalized spacial score (nSPS) is 10.0. The van der Waals surface area contributed by atoms with Crippen LogP contribution in [0.1, 0.15) is 6.92 Å². The number of nitrogens with zero attached hydrogens (tertiary/aromatic N) is 3. The number of rotatable bonds is 3. The van der Waals surface area contributed by atoms with Crippen LogP contribution in [-0.4, -0.2) is 20.4 Å². The number of halogens is 1. The lowest BCUT2D eigenvalue weighted by atomic mass is 10.3. The maximum absolute atomic E-state index is 11.8. The van der Waals surface area contributed by atoms with E-state index >= 15 is 0 Å². The van der Waals surface area contributed by atoms with Crippen LogP contribution in [0.15, 0.2) is 35.4 Å². The van der Waals surface area contributed by atoms with Gasteiger partial charge in [-0.25, -0.2) is 9.78 Å². The standard InChI is InChI=1S/C11H10ClN5O2/c1-7(18)15-16-10-13-6-17(11(19)14-10)9-4-2-3-8(12)5-9/h2-6H,1H3,(H,15,18)(H,14,16,19). The molecule has 1 heterocycles. The molecule has 2 N–H and O–H groups in total. The lowest BCUT2D eigenvalue weighted by Crippen LogP contribution is -2.31. The molecule has 7 nitrogen and oxygen atoms in total. The molecule has 0 radical (unpaired) electrons. The van der Waals surface area contributed by atoms with Gasteiger partial charge in [0.2, 0.25) is 11.9 Å². The predicted molar refractivity (Wildman–Crippen MR) is 70.1 cm³/mol. The number of amides is 1. The lowest BCUT2D eigenvalue weighted by Gasteiger charge is -2.07. The van der Waals surface area contributed by atoms with Crippen molar-refractivity contribution in [1.82, 2.24) is 20.0 Å². The first kappa shape index (κ1) is 13.0.